The Balaban J connectivity index is 2.89. The summed E-state index contributed by atoms with van der Waals surface area (Å²) in [6.07, 6.45) is -0.388. The molecule has 1 rings (SSSR count). The molecule has 7 heteroatoms. The topological polar surface area (TPSA) is 79.2 Å². The molecule has 0 spiro atoms. The molecule has 1 N–H and O–H groups in total. The summed E-state index contributed by atoms with van der Waals surface area (Å²) in [5.74, 6) is -2.76. The molecule has 1 amide bonds. The van der Waals surface area contributed by atoms with Crippen LogP contribution in [0.3, 0.4) is 0 Å². The van der Waals surface area contributed by atoms with Crippen molar-refractivity contribution in [3.8, 4) is 6.07 Å². The van der Waals surface area contributed by atoms with Crippen LogP contribution in [0.25, 0.3) is 0 Å². The zero-order valence-electron chi connectivity index (χ0n) is 12.2. The van der Waals surface area contributed by atoms with E-state index in [1.54, 1.807) is 26.0 Å². The van der Waals surface area contributed by atoms with Gasteiger partial charge >= 0.3 is 0 Å². The number of carbonyl (C=O) groups is 2. The Bertz CT molecular complexity index is 599. The molecule has 0 saturated heterocycles. The Kier molecular flexibility index (Phi) is 7.33. The van der Waals surface area contributed by atoms with Gasteiger partial charge in [0.15, 0.2) is 11.7 Å². The minimum Gasteiger partial charge on any atom is -0.371 e. The summed E-state index contributed by atoms with van der Waals surface area (Å²) in [5.41, 5.74) is 0.286. The van der Waals surface area contributed by atoms with Crippen molar-refractivity contribution in [1.82, 2.24) is 0 Å². The van der Waals surface area contributed by atoms with Crippen LogP contribution in [0.2, 0.25) is 10.0 Å². The summed E-state index contributed by atoms with van der Waals surface area (Å²) in [6.45, 7) is 3.82. The van der Waals surface area contributed by atoms with Crippen molar-refractivity contribution in [3.63, 3.8) is 0 Å². The molecule has 0 aliphatic heterocycles. The lowest BCUT2D eigenvalue weighted by Gasteiger charge is -2.17. The monoisotopic (exact) mass is 342 g/mol. The van der Waals surface area contributed by atoms with Crippen LogP contribution in [-0.2, 0) is 14.3 Å². The molecule has 0 heterocycles. The molecule has 0 unspecified atom stereocenters. The standard InChI is InChI=1S/C15H16Cl2N2O3/c1-3-13(22-4-2)14(20)10(8-18)15(21)19-12-6-5-9(16)7-11(12)17/h5-7,10,13H,3-4H2,1-2H3,(H,19,21)/t10-,13-/m0/s1. The van der Waals surface area contributed by atoms with Crippen LogP contribution in [0.15, 0.2) is 18.2 Å². The molecule has 1 aromatic carbocycles. The van der Waals surface area contributed by atoms with Gasteiger partial charge in [-0.05, 0) is 31.5 Å². The minimum atomic E-state index is -1.46. The number of halogens is 2. The number of rotatable bonds is 7. The number of hydrogen-bond donors (Lipinski definition) is 1. The summed E-state index contributed by atoms with van der Waals surface area (Å²) in [4.78, 5) is 24.3. The van der Waals surface area contributed by atoms with Gasteiger partial charge in [-0.2, -0.15) is 5.26 Å². The SMILES string of the molecule is CCO[C@@H](CC)C(=O)[C@H](C#N)C(=O)Nc1ccc(Cl)cc1Cl. The first-order chi connectivity index (χ1) is 10.4. The first-order valence-corrected chi connectivity index (χ1v) is 7.51. The maximum Gasteiger partial charge on any atom is 0.249 e. The predicted octanol–water partition coefficient (Wildman–Crippen LogP) is 3.46. The normalized spacial score (nSPS) is 13.0. The Hall–Kier alpha value is -1.61. The zero-order valence-corrected chi connectivity index (χ0v) is 13.7. The summed E-state index contributed by atoms with van der Waals surface area (Å²) in [5, 5.41) is 12.2. The average molecular weight is 343 g/mol. The molecule has 2 atom stereocenters. The second kappa shape index (κ2) is 8.74. The zero-order chi connectivity index (χ0) is 16.7. The summed E-state index contributed by atoms with van der Waals surface area (Å²) >= 11 is 11.7. The van der Waals surface area contributed by atoms with Gasteiger partial charge in [0.05, 0.1) is 16.8 Å². The highest BCUT2D eigenvalue weighted by atomic mass is 35.5. The summed E-state index contributed by atoms with van der Waals surface area (Å²) < 4.78 is 5.25. The van der Waals surface area contributed by atoms with Crippen molar-refractivity contribution in [2.45, 2.75) is 26.4 Å². The van der Waals surface area contributed by atoms with Gasteiger partial charge in [-0.15, -0.1) is 0 Å². The molecule has 0 saturated carbocycles. The van der Waals surface area contributed by atoms with Gasteiger partial charge in [-0.3, -0.25) is 9.59 Å². The fourth-order valence-corrected chi connectivity index (χ4v) is 2.29. The first-order valence-electron chi connectivity index (χ1n) is 6.75. The van der Waals surface area contributed by atoms with Crippen molar-refractivity contribution in [1.29, 1.82) is 5.26 Å². The maximum absolute atomic E-state index is 12.2. The van der Waals surface area contributed by atoms with E-state index in [1.807, 2.05) is 0 Å². The van der Waals surface area contributed by atoms with Crippen molar-refractivity contribution < 1.29 is 14.3 Å². The van der Waals surface area contributed by atoms with Crippen LogP contribution in [-0.4, -0.2) is 24.4 Å². The summed E-state index contributed by atoms with van der Waals surface area (Å²) in [6, 6.07) is 6.21. The van der Waals surface area contributed by atoms with Crippen LogP contribution in [0, 0.1) is 17.2 Å². The number of hydrogen-bond acceptors (Lipinski definition) is 4. The highest BCUT2D eigenvalue weighted by molar-refractivity contribution is 6.36. The van der Waals surface area contributed by atoms with Crippen LogP contribution in [0.1, 0.15) is 20.3 Å². The molecule has 0 radical (unpaired) electrons. The summed E-state index contributed by atoms with van der Waals surface area (Å²) in [7, 11) is 0. The molecular formula is C15H16Cl2N2O3. The first kappa shape index (κ1) is 18.4. The van der Waals surface area contributed by atoms with Crippen molar-refractivity contribution in [2.75, 3.05) is 11.9 Å². The average Bonchev–Trinajstić information content (AvgIpc) is 2.48. The minimum absolute atomic E-state index is 0.224. The molecule has 0 aliphatic carbocycles. The van der Waals surface area contributed by atoms with Gasteiger partial charge < -0.3 is 10.1 Å². The van der Waals surface area contributed by atoms with Gasteiger partial charge in [0, 0.05) is 11.6 Å². The Morgan fingerprint density at radius 1 is 1.36 bits per heavy atom. The van der Waals surface area contributed by atoms with E-state index in [0.717, 1.165) is 0 Å². The second-order valence-corrected chi connectivity index (χ2v) is 5.27. The van der Waals surface area contributed by atoms with Crippen molar-refractivity contribution in [2.24, 2.45) is 5.92 Å². The van der Waals surface area contributed by atoms with Gasteiger partial charge in [-0.1, -0.05) is 30.1 Å². The number of ether oxygens (including phenoxy) is 1. The fourth-order valence-electron chi connectivity index (χ4n) is 1.84. The Morgan fingerprint density at radius 3 is 2.55 bits per heavy atom. The van der Waals surface area contributed by atoms with E-state index in [0.29, 0.717) is 18.1 Å². The highest BCUT2D eigenvalue weighted by Crippen LogP contribution is 2.26. The largest absolute Gasteiger partial charge is 0.371 e. The highest BCUT2D eigenvalue weighted by Gasteiger charge is 2.32. The van der Waals surface area contributed by atoms with E-state index >= 15 is 0 Å². The van der Waals surface area contributed by atoms with E-state index in [-0.39, 0.29) is 10.7 Å². The maximum atomic E-state index is 12.2. The molecule has 0 bridgehead atoms. The van der Waals surface area contributed by atoms with Gasteiger partial charge in [0.2, 0.25) is 5.91 Å². The lowest BCUT2D eigenvalue weighted by atomic mass is 9.98. The number of nitrogens with zero attached hydrogens (tertiary/aromatic N) is 1. The number of anilines is 1. The van der Waals surface area contributed by atoms with E-state index < -0.39 is 23.7 Å². The quantitative estimate of drug-likeness (QED) is 0.769. The van der Waals surface area contributed by atoms with Crippen LogP contribution in [0.4, 0.5) is 5.69 Å². The van der Waals surface area contributed by atoms with E-state index in [4.69, 9.17) is 33.2 Å². The second-order valence-electron chi connectivity index (χ2n) is 4.43. The van der Waals surface area contributed by atoms with Crippen molar-refractivity contribution >= 4 is 40.6 Å². The number of nitriles is 1. The third-order valence-corrected chi connectivity index (χ3v) is 3.47. The van der Waals surface area contributed by atoms with E-state index in [1.165, 1.54) is 12.1 Å². The van der Waals surface area contributed by atoms with E-state index in [9.17, 15) is 9.59 Å². The predicted molar refractivity (Wildman–Crippen MR) is 84.9 cm³/mol. The molecule has 5 nitrogen and oxygen atoms in total. The molecule has 1 aromatic rings. The van der Waals surface area contributed by atoms with Gasteiger partial charge in [0.1, 0.15) is 6.10 Å². The van der Waals surface area contributed by atoms with Gasteiger partial charge in [0.25, 0.3) is 0 Å². The lowest BCUT2D eigenvalue weighted by molar-refractivity contribution is -0.137. The van der Waals surface area contributed by atoms with Gasteiger partial charge in [-0.25, -0.2) is 0 Å². The number of Topliss-reactive ketones (excluding diaryl/α,β-unsaturated/α-hetero) is 1. The van der Waals surface area contributed by atoms with Crippen molar-refractivity contribution in [3.05, 3.63) is 28.2 Å². The molecule has 0 aromatic heterocycles. The Labute approximate surface area is 139 Å². The third kappa shape index (κ3) is 4.70. The Morgan fingerprint density at radius 2 is 2.05 bits per heavy atom. The lowest BCUT2D eigenvalue weighted by Crippen LogP contribution is -2.36. The van der Waals surface area contributed by atoms with Crippen LogP contribution >= 0.6 is 23.2 Å². The van der Waals surface area contributed by atoms with Crippen LogP contribution < -0.4 is 5.32 Å². The molecule has 0 fully saturated rings. The third-order valence-electron chi connectivity index (χ3n) is 2.92. The molecule has 0 aliphatic rings. The molecular weight excluding hydrogens is 327 g/mol. The number of amides is 1. The number of benzene rings is 1. The number of ketones is 1. The number of carbonyl (C=O) groups excluding carboxylic acids is 2. The number of nitrogens with one attached hydrogen (secondary N) is 1. The smallest absolute Gasteiger partial charge is 0.249 e. The fraction of sp³-hybridized carbons (Fsp3) is 0.400. The molecule has 22 heavy (non-hydrogen) atoms. The molecule has 118 valence electrons. The van der Waals surface area contributed by atoms with Crippen LogP contribution in [0.5, 0.6) is 0 Å². The van der Waals surface area contributed by atoms with E-state index in [2.05, 4.69) is 5.32 Å².